The Morgan fingerprint density at radius 3 is 2.57 bits per heavy atom. The van der Waals surface area contributed by atoms with Crippen LogP contribution < -0.4 is 5.73 Å². The summed E-state index contributed by atoms with van der Waals surface area (Å²) in [5.74, 6) is 1.45. The van der Waals surface area contributed by atoms with Gasteiger partial charge >= 0.3 is 5.97 Å². The SMILES string of the molecule is CCc1nc(C(=O)OC)c(N)n1CC1CCN(CC)CC1. The molecule has 6 nitrogen and oxygen atoms in total. The number of carbonyl (C=O) groups is 1. The smallest absolute Gasteiger partial charge is 0.360 e. The van der Waals surface area contributed by atoms with Crippen LogP contribution >= 0.6 is 0 Å². The molecule has 1 aliphatic heterocycles. The van der Waals surface area contributed by atoms with E-state index < -0.39 is 5.97 Å². The Hall–Kier alpha value is -1.56. The van der Waals surface area contributed by atoms with Crippen LogP contribution in [0.3, 0.4) is 0 Å². The average Bonchev–Trinajstić information content (AvgIpc) is 2.84. The zero-order valence-corrected chi connectivity index (χ0v) is 13.3. The molecule has 0 aromatic carbocycles. The number of hydrogen-bond donors (Lipinski definition) is 1. The third kappa shape index (κ3) is 3.37. The molecule has 21 heavy (non-hydrogen) atoms. The summed E-state index contributed by atoms with van der Waals surface area (Å²) in [7, 11) is 1.35. The summed E-state index contributed by atoms with van der Waals surface area (Å²) < 4.78 is 6.75. The van der Waals surface area contributed by atoms with Crippen molar-refractivity contribution in [2.75, 3.05) is 32.5 Å². The van der Waals surface area contributed by atoms with Gasteiger partial charge in [-0.05, 0) is 38.4 Å². The minimum atomic E-state index is -0.457. The average molecular weight is 294 g/mol. The molecule has 0 bridgehead atoms. The van der Waals surface area contributed by atoms with Crippen molar-refractivity contribution in [2.45, 2.75) is 39.7 Å². The number of esters is 1. The van der Waals surface area contributed by atoms with Gasteiger partial charge in [-0.15, -0.1) is 0 Å². The van der Waals surface area contributed by atoms with Gasteiger partial charge in [0.25, 0.3) is 0 Å². The number of piperidine rings is 1. The van der Waals surface area contributed by atoms with Gasteiger partial charge < -0.3 is 19.9 Å². The maximum absolute atomic E-state index is 11.7. The third-order valence-electron chi connectivity index (χ3n) is 4.38. The molecular weight excluding hydrogens is 268 g/mol. The maximum atomic E-state index is 11.7. The standard InChI is InChI=1S/C15H26N4O2/c1-4-12-17-13(15(20)21-3)14(16)19(12)10-11-6-8-18(5-2)9-7-11/h11H,4-10,16H2,1-3H3. The van der Waals surface area contributed by atoms with E-state index in [1.54, 1.807) is 0 Å². The van der Waals surface area contributed by atoms with E-state index in [1.165, 1.54) is 20.0 Å². The zero-order valence-electron chi connectivity index (χ0n) is 13.3. The quantitative estimate of drug-likeness (QED) is 0.834. The molecule has 0 aliphatic carbocycles. The Balaban J connectivity index is 2.12. The van der Waals surface area contributed by atoms with E-state index in [9.17, 15) is 4.79 Å². The lowest BCUT2D eigenvalue weighted by Gasteiger charge is -2.31. The number of aromatic nitrogens is 2. The van der Waals surface area contributed by atoms with Gasteiger partial charge in [0.05, 0.1) is 7.11 Å². The molecule has 0 atom stereocenters. The molecular formula is C15H26N4O2. The van der Waals surface area contributed by atoms with Gasteiger partial charge in [0.15, 0.2) is 5.69 Å². The molecule has 2 N–H and O–H groups in total. The molecule has 6 heteroatoms. The Morgan fingerprint density at radius 1 is 1.38 bits per heavy atom. The van der Waals surface area contributed by atoms with Crippen molar-refractivity contribution in [3.8, 4) is 0 Å². The van der Waals surface area contributed by atoms with Crippen molar-refractivity contribution in [3.63, 3.8) is 0 Å². The van der Waals surface area contributed by atoms with E-state index in [0.29, 0.717) is 11.7 Å². The molecule has 0 unspecified atom stereocenters. The van der Waals surface area contributed by atoms with Gasteiger partial charge in [-0.1, -0.05) is 13.8 Å². The fourth-order valence-corrected chi connectivity index (χ4v) is 2.98. The summed E-state index contributed by atoms with van der Waals surface area (Å²) in [6.07, 6.45) is 3.10. The number of rotatable bonds is 5. The van der Waals surface area contributed by atoms with Crippen LogP contribution in [0.5, 0.6) is 0 Å². The van der Waals surface area contributed by atoms with Crippen LogP contribution in [0.1, 0.15) is 43.0 Å². The van der Waals surface area contributed by atoms with Crippen LogP contribution in [0.15, 0.2) is 0 Å². The first-order valence-corrected chi connectivity index (χ1v) is 7.76. The van der Waals surface area contributed by atoms with E-state index in [4.69, 9.17) is 10.5 Å². The highest BCUT2D eigenvalue weighted by Gasteiger charge is 2.24. The Morgan fingerprint density at radius 2 is 2.05 bits per heavy atom. The van der Waals surface area contributed by atoms with Crippen LogP contribution in [0.4, 0.5) is 5.82 Å². The second-order valence-electron chi connectivity index (χ2n) is 5.60. The van der Waals surface area contributed by atoms with Gasteiger partial charge in [0.2, 0.25) is 0 Å². The molecule has 0 spiro atoms. The molecule has 1 aromatic rings. The minimum Gasteiger partial charge on any atom is -0.464 e. The Kier molecular flexibility index (Phi) is 5.22. The van der Waals surface area contributed by atoms with Crippen LogP contribution in [-0.2, 0) is 17.7 Å². The van der Waals surface area contributed by atoms with Crippen LogP contribution in [0.2, 0.25) is 0 Å². The first kappa shape index (κ1) is 15.8. The Bertz CT molecular complexity index is 490. The van der Waals surface area contributed by atoms with Gasteiger partial charge in [0, 0.05) is 13.0 Å². The number of likely N-dealkylation sites (tertiary alicyclic amines) is 1. The van der Waals surface area contributed by atoms with E-state index in [0.717, 1.165) is 38.4 Å². The molecule has 1 aliphatic rings. The molecule has 0 saturated carbocycles. The predicted molar refractivity (Wildman–Crippen MR) is 82.2 cm³/mol. The highest BCUT2D eigenvalue weighted by Crippen LogP contribution is 2.23. The molecule has 1 aromatic heterocycles. The molecule has 118 valence electrons. The van der Waals surface area contributed by atoms with Gasteiger partial charge in [-0.2, -0.15) is 0 Å². The zero-order chi connectivity index (χ0) is 15.4. The van der Waals surface area contributed by atoms with Crippen molar-refractivity contribution in [3.05, 3.63) is 11.5 Å². The second-order valence-corrected chi connectivity index (χ2v) is 5.60. The number of nitrogen functional groups attached to an aromatic ring is 1. The maximum Gasteiger partial charge on any atom is 0.360 e. The first-order chi connectivity index (χ1) is 10.1. The highest BCUT2D eigenvalue weighted by molar-refractivity contribution is 5.92. The van der Waals surface area contributed by atoms with Crippen molar-refractivity contribution < 1.29 is 9.53 Å². The fraction of sp³-hybridized carbons (Fsp3) is 0.733. The number of anilines is 1. The van der Waals surface area contributed by atoms with Crippen LogP contribution in [0, 0.1) is 5.92 Å². The molecule has 0 radical (unpaired) electrons. The summed E-state index contributed by atoms with van der Waals surface area (Å²) in [6.45, 7) is 8.47. The molecule has 0 amide bonds. The number of nitrogens with zero attached hydrogens (tertiary/aromatic N) is 3. The summed E-state index contributed by atoms with van der Waals surface area (Å²) in [5.41, 5.74) is 6.37. The van der Waals surface area contributed by atoms with E-state index in [-0.39, 0.29) is 5.69 Å². The number of aryl methyl sites for hydroxylation is 1. The largest absolute Gasteiger partial charge is 0.464 e. The Labute approximate surface area is 126 Å². The highest BCUT2D eigenvalue weighted by atomic mass is 16.5. The topological polar surface area (TPSA) is 73.4 Å². The minimum absolute atomic E-state index is 0.250. The van der Waals surface area contributed by atoms with E-state index in [1.807, 2.05) is 11.5 Å². The number of nitrogens with two attached hydrogens (primary N) is 1. The summed E-state index contributed by atoms with van der Waals surface area (Å²) in [4.78, 5) is 18.5. The number of methoxy groups -OCH3 is 1. The van der Waals surface area contributed by atoms with Crippen molar-refractivity contribution in [1.29, 1.82) is 0 Å². The van der Waals surface area contributed by atoms with Crippen molar-refractivity contribution >= 4 is 11.8 Å². The lowest BCUT2D eigenvalue weighted by atomic mass is 9.96. The number of ether oxygens (including phenoxy) is 1. The summed E-state index contributed by atoms with van der Waals surface area (Å²) in [5, 5.41) is 0. The second kappa shape index (κ2) is 6.93. The van der Waals surface area contributed by atoms with Crippen molar-refractivity contribution in [2.24, 2.45) is 5.92 Å². The number of hydrogen-bond acceptors (Lipinski definition) is 5. The van der Waals surface area contributed by atoms with Gasteiger partial charge in [-0.25, -0.2) is 9.78 Å². The number of carbonyl (C=O) groups excluding carboxylic acids is 1. The number of imidazole rings is 1. The summed E-state index contributed by atoms with van der Waals surface area (Å²) >= 11 is 0. The third-order valence-corrected chi connectivity index (χ3v) is 4.38. The fourth-order valence-electron chi connectivity index (χ4n) is 2.98. The normalized spacial score (nSPS) is 17.1. The molecule has 2 rings (SSSR count). The summed E-state index contributed by atoms with van der Waals surface area (Å²) in [6, 6.07) is 0. The monoisotopic (exact) mass is 294 g/mol. The molecule has 1 saturated heterocycles. The van der Waals surface area contributed by atoms with Crippen LogP contribution in [-0.4, -0.2) is 47.2 Å². The van der Waals surface area contributed by atoms with E-state index >= 15 is 0 Å². The first-order valence-electron chi connectivity index (χ1n) is 7.76. The van der Waals surface area contributed by atoms with Gasteiger partial charge in [-0.3, -0.25) is 0 Å². The van der Waals surface area contributed by atoms with Crippen molar-refractivity contribution in [1.82, 2.24) is 14.5 Å². The predicted octanol–water partition coefficient (Wildman–Crippen LogP) is 1.55. The lowest BCUT2D eigenvalue weighted by molar-refractivity contribution is 0.0595. The molecule has 1 fully saturated rings. The van der Waals surface area contributed by atoms with Gasteiger partial charge in [0.1, 0.15) is 11.6 Å². The lowest BCUT2D eigenvalue weighted by Crippen LogP contribution is -2.35. The van der Waals surface area contributed by atoms with Crippen LogP contribution in [0.25, 0.3) is 0 Å². The van der Waals surface area contributed by atoms with E-state index in [2.05, 4.69) is 16.8 Å². The molecule has 2 heterocycles.